The minimum Gasteiger partial charge on any atom is -0.506 e. The molecule has 21 heavy (non-hydrogen) atoms. The van der Waals surface area contributed by atoms with Crippen molar-refractivity contribution in [1.29, 1.82) is 0 Å². The van der Waals surface area contributed by atoms with E-state index >= 15 is 0 Å². The molecule has 0 unspecified atom stereocenters. The van der Waals surface area contributed by atoms with Gasteiger partial charge in [0.25, 0.3) is 0 Å². The number of amides is 1. The number of nitrogen functional groups attached to an aromatic ring is 1. The van der Waals surface area contributed by atoms with Crippen LogP contribution in [0, 0.1) is 0 Å². The van der Waals surface area contributed by atoms with Crippen LogP contribution in [0.2, 0.25) is 0 Å². The number of nitrogens with one attached hydrogen (secondary N) is 1. The molecule has 4 N–H and O–H groups in total. The van der Waals surface area contributed by atoms with Crippen LogP contribution in [0.1, 0.15) is 19.4 Å². The summed E-state index contributed by atoms with van der Waals surface area (Å²) in [5, 5.41) is 12.6. The molecule has 4 nitrogen and oxygen atoms in total. The molecule has 0 heterocycles. The number of phenols is 1. The molecule has 0 aliphatic carbocycles. The van der Waals surface area contributed by atoms with Crippen molar-refractivity contribution >= 4 is 33.2 Å². The van der Waals surface area contributed by atoms with Crippen molar-refractivity contribution in [3.63, 3.8) is 0 Å². The van der Waals surface area contributed by atoms with E-state index in [1.54, 1.807) is 24.3 Å². The zero-order chi connectivity index (χ0) is 15.6. The molecule has 0 saturated carbocycles. The number of carbonyl (C=O) groups excluding carboxylic acids is 1. The van der Waals surface area contributed by atoms with E-state index in [-0.39, 0.29) is 11.7 Å². The van der Waals surface area contributed by atoms with Gasteiger partial charge in [-0.1, -0.05) is 28.1 Å². The third kappa shape index (κ3) is 3.36. The second kappa shape index (κ2) is 5.77. The smallest absolute Gasteiger partial charge is 0.234 e. The Labute approximate surface area is 132 Å². The number of hydrogen-bond acceptors (Lipinski definition) is 3. The Morgan fingerprint density at radius 3 is 2.43 bits per heavy atom. The number of aromatic hydroxyl groups is 1. The monoisotopic (exact) mass is 348 g/mol. The van der Waals surface area contributed by atoms with Gasteiger partial charge in [-0.15, -0.1) is 0 Å². The molecule has 0 aliphatic rings. The summed E-state index contributed by atoms with van der Waals surface area (Å²) in [6.07, 6.45) is 0. The lowest BCUT2D eigenvalue weighted by Gasteiger charge is -2.24. The summed E-state index contributed by atoms with van der Waals surface area (Å²) >= 11 is 3.31. The van der Waals surface area contributed by atoms with E-state index in [9.17, 15) is 9.90 Å². The number of phenolic OH excluding ortho intramolecular Hbond substituents is 1. The summed E-state index contributed by atoms with van der Waals surface area (Å²) < 4.78 is 0.779. The number of carbonyl (C=O) groups is 1. The van der Waals surface area contributed by atoms with E-state index < -0.39 is 5.41 Å². The average molecular weight is 349 g/mol. The van der Waals surface area contributed by atoms with E-state index in [0.717, 1.165) is 10.0 Å². The fourth-order valence-corrected chi connectivity index (χ4v) is 2.28. The quantitative estimate of drug-likeness (QED) is 0.585. The van der Waals surface area contributed by atoms with Gasteiger partial charge in [0.2, 0.25) is 5.91 Å². The molecule has 2 aromatic rings. The summed E-state index contributed by atoms with van der Waals surface area (Å²) in [6, 6.07) is 12.1. The molecule has 2 aromatic carbocycles. The highest BCUT2D eigenvalue weighted by Crippen LogP contribution is 2.30. The van der Waals surface area contributed by atoms with Crippen LogP contribution in [0.3, 0.4) is 0 Å². The first-order valence-electron chi connectivity index (χ1n) is 6.46. The maximum atomic E-state index is 12.5. The minimum absolute atomic E-state index is 0.0275. The van der Waals surface area contributed by atoms with Gasteiger partial charge in [0.1, 0.15) is 5.75 Å². The first-order valence-corrected chi connectivity index (χ1v) is 7.26. The summed E-state index contributed by atoms with van der Waals surface area (Å²) in [5.74, 6) is -0.180. The van der Waals surface area contributed by atoms with Crippen molar-refractivity contribution in [1.82, 2.24) is 0 Å². The molecule has 0 fully saturated rings. The van der Waals surface area contributed by atoms with Crippen molar-refractivity contribution in [3.05, 3.63) is 52.5 Å². The van der Waals surface area contributed by atoms with Crippen molar-refractivity contribution in [2.45, 2.75) is 19.3 Å². The molecule has 0 bridgehead atoms. The Morgan fingerprint density at radius 1 is 1.19 bits per heavy atom. The first-order chi connectivity index (χ1) is 9.80. The maximum Gasteiger partial charge on any atom is 0.234 e. The van der Waals surface area contributed by atoms with Gasteiger partial charge in [0, 0.05) is 10.2 Å². The highest BCUT2D eigenvalue weighted by atomic mass is 79.9. The van der Waals surface area contributed by atoms with Crippen LogP contribution in [0.25, 0.3) is 0 Å². The first kappa shape index (κ1) is 15.4. The van der Waals surface area contributed by atoms with Gasteiger partial charge in [-0.2, -0.15) is 0 Å². The topological polar surface area (TPSA) is 75.3 Å². The van der Waals surface area contributed by atoms with E-state index in [1.165, 1.54) is 6.07 Å². The van der Waals surface area contributed by atoms with Crippen LogP contribution in [0.5, 0.6) is 5.75 Å². The normalized spacial score (nSPS) is 11.2. The van der Waals surface area contributed by atoms with Crippen LogP contribution in [-0.2, 0) is 10.2 Å². The van der Waals surface area contributed by atoms with Gasteiger partial charge in [-0.05, 0) is 49.7 Å². The molecule has 0 radical (unpaired) electrons. The highest BCUT2D eigenvalue weighted by molar-refractivity contribution is 9.10. The fourth-order valence-electron chi connectivity index (χ4n) is 1.92. The van der Waals surface area contributed by atoms with Gasteiger partial charge >= 0.3 is 0 Å². The Kier molecular flexibility index (Phi) is 4.23. The SMILES string of the molecule is CC(C)(C(=O)Nc1cc(Br)ccc1O)c1ccc(N)cc1. The van der Waals surface area contributed by atoms with Gasteiger partial charge < -0.3 is 16.2 Å². The molecule has 0 spiro atoms. The van der Waals surface area contributed by atoms with Crippen molar-refractivity contribution in [2.24, 2.45) is 0 Å². The predicted octanol–water partition coefficient (Wildman–Crippen LogP) is 3.65. The average Bonchev–Trinajstić information content (AvgIpc) is 2.43. The summed E-state index contributed by atoms with van der Waals surface area (Å²) in [5.41, 5.74) is 6.80. The molecular weight excluding hydrogens is 332 g/mol. The van der Waals surface area contributed by atoms with Crippen LogP contribution in [0.4, 0.5) is 11.4 Å². The molecule has 1 amide bonds. The number of benzene rings is 2. The minimum atomic E-state index is -0.748. The molecule has 5 heteroatoms. The van der Waals surface area contributed by atoms with Gasteiger partial charge in [0.15, 0.2) is 0 Å². The lowest BCUT2D eigenvalue weighted by Crippen LogP contribution is -2.34. The van der Waals surface area contributed by atoms with Gasteiger partial charge in [-0.25, -0.2) is 0 Å². The van der Waals surface area contributed by atoms with Crippen LogP contribution >= 0.6 is 15.9 Å². The second-order valence-electron chi connectivity index (χ2n) is 5.36. The zero-order valence-corrected chi connectivity index (χ0v) is 13.4. The molecule has 2 rings (SSSR count). The number of hydrogen-bond donors (Lipinski definition) is 3. The maximum absolute atomic E-state index is 12.5. The fraction of sp³-hybridized carbons (Fsp3) is 0.188. The van der Waals surface area contributed by atoms with E-state index in [1.807, 2.05) is 26.0 Å². The molecule has 110 valence electrons. The van der Waals surface area contributed by atoms with Crippen molar-refractivity contribution in [2.75, 3.05) is 11.1 Å². The molecule has 0 atom stereocenters. The number of anilines is 2. The van der Waals surface area contributed by atoms with E-state index in [0.29, 0.717) is 11.4 Å². The summed E-state index contributed by atoms with van der Waals surface area (Å²) in [6.45, 7) is 3.64. The third-order valence-corrected chi connectivity index (χ3v) is 3.90. The van der Waals surface area contributed by atoms with E-state index in [2.05, 4.69) is 21.2 Å². The molecular formula is C16H17BrN2O2. The predicted molar refractivity (Wildman–Crippen MR) is 88.3 cm³/mol. The Morgan fingerprint density at radius 2 is 1.81 bits per heavy atom. The van der Waals surface area contributed by atoms with Crippen molar-refractivity contribution in [3.8, 4) is 5.75 Å². The highest BCUT2D eigenvalue weighted by Gasteiger charge is 2.30. The number of rotatable bonds is 3. The lowest BCUT2D eigenvalue weighted by atomic mass is 9.83. The summed E-state index contributed by atoms with van der Waals surface area (Å²) in [7, 11) is 0. The summed E-state index contributed by atoms with van der Waals surface area (Å²) in [4.78, 5) is 12.5. The Balaban J connectivity index is 2.26. The number of nitrogens with two attached hydrogens (primary N) is 1. The van der Waals surface area contributed by atoms with Crippen LogP contribution in [-0.4, -0.2) is 11.0 Å². The number of halogens is 1. The Hall–Kier alpha value is -2.01. The third-order valence-electron chi connectivity index (χ3n) is 3.41. The standard InChI is InChI=1S/C16H17BrN2O2/c1-16(2,10-3-6-12(18)7-4-10)15(21)19-13-9-11(17)5-8-14(13)20/h3-9,20H,18H2,1-2H3,(H,19,21). The second-order valence-corrected chi connectivity index (χ2v) is 6.28. The van der Waals surface area contributed by atoms with Crippen molar-refractivity contribution < 1.29 is 9.90 Å². The molecule has 0 aromatic heterocycles. The van der Waals surface area contributed by atoms with Gasteiger partial charge in [0.05, 0.1) is 11.1 Å². The largest absolute Gasteiger partial charge is 0.506 e. The molecule has 0 saturated heterocycles. The van der Waals surface area contributed by atoms with Crippen LogP contribution in [0.15, 0.2) is 46.9 Å². The zero-order valence-electron chi connectivity index (χ0n) is 11.9. The van der Waals surface area contributed by atoms with Gasteiger partial charge in [-0.3, -0.25) is 4.79 Å². The molecule has 0 aliphatic heterocycles. The van der Waals surface area contributed by atoms with Crippen LogP contribution < -0.4 is 11.1 Å². The Bertz CT molecular complexity index is 666. The lowest BCUT2D eigenvalue weighted by molar-refractivity contribution is -0.120. The van der Waals surface area contributed by atoms with E-state index in [4.69, 9.17) is 5.73 Å².